The van der Waals surface area contributed by atoms with Crippen molar-refractivity contribution in [3.63, 3.8) is 0 Å². The molecule has 3 heterocycles. The molecule has 1 aromatic rings. The molecule has 0 aromatic carbocycles. The normalized spacial score (nSPS) is 24.4. The fraction of sp³-hybridized carbons (Fsp3) is 0.750. The summed E-state index contributed by atoms with van der Waals surface area (Å²) in [7, 11) is 1.92. The fourth-order valence-corrected chi connectivity index (χ4v) is 3.53. The lowest BCUT2D eigenvalue weighted by molar-refractivity contribution is 0.0504. The molecule has 0 bridgehead atoms. The molecule has 21 heavy (non-hydrogen) atoms. The van der Waals surface area contributed by atoms with Gasteiger partial charge in [-0.05, 0) is 45.1 Å². The first kappa shape index (κ1) is 14.7. The lowest BCUT2D eigenvalue weighted by Crippen LogP contribution is -2.32. The molecule has 0 amide bonds. The van der Waals surface area contributed by atoms with Gasteiger partial charge in [0, 0.05) is 32.9 Å². The van der Waals surface area contributed by atoms with Crippen LogP contribution >= 0.6 is 0 Å². The van der Waals surface area contributed by atoms with E-state index < -0.39 is 0 Å². The van der Waals surface area contributed by atoms with Crippen LogP contribution in [0.5, 0.6) is 0 Å². The zero-order chi connectivity index (χ0) is 14.7. The van der Waals surface area contributed by atoms with E-state index >= 15 is 0 Å². The van der Waals surface area contributed by atoms with Crippen LogP contribution in [-0.4, -0.2) is 48.2 Å². The first-order valence-electron chi connectivity index (χ1n) is 8.11. The third-order valence-electron chi connectivity index (χ3n) is 4.65. The molecule has 0 saturated carbocycles. The van der Waals surface area contributed by atoms with E-state index in [0.29, 0.717) is 6.04 Å². The van der Waals surface area contributed by atoms with Crippen LogP contribution in [-0.2, 0) is 4.74 Å². The molecule has 116 valence electrons. The Labute approximate surface area is 127 Å². The third-order valence-corrected chi connectivity index (χ3v) is 4.65. The predicted molar refractivity (Wildman–Crippen MR) is 83.4 cm³/mol. The van der Waals surface area contributed by atoms with Crippen LogP contribution in [0.25, 0.3) is 0 Å². The lowest BCUT2D eigenvalue weighted by atomic mass is 9.99. The zero-order valence-electron chi connectivity index (χ0n) is 13.1. The maximum atomic E-state index is 5.47. The monoisotopic (exact) mass is 290 g/mol. The summed E-state index contributed by atoms with van der Waals surface area (Å²) >= 11 is 0. The number of aromatic nitrogens is 2. The number of ether oxygens (including phenoxy) is 1. The van der Waals surface area contributed by atoms with Crippen molar-refractivity contribution in [3.05, 3.63) is 17.6 Å². The van der Waals surface area contributed by atoms with E-state index in [-0.39, 0.29) is 0 Å². The predicted octanol–water partition coefficient (Wildman–Crippen LogP) is 2.39. The molecule has 2 saturated heterocycles. The van der Waals surface area contributed by atoms with Crippen LogP contribution in [0.15, 0.2) is 6.07 Å². The molecule has 5 heteroatoms. The van der Waals surface area contributed by atoms with Crippen molar-refractivity contribution in [2.45, 2.75) is 38.6 Å². The minimum absolute atomic E-state index is 0.460. The van der Waals surface area contributed by atoms with Crippen molar-refractivity contribution >= 4 is 5.82 Å². The Hall–Kier alpha value is -1.20. The van der Waals surface area contributed by atoms with E-state index in [0.717, 1.165) is 30.8 Å². The molecular weight excluding hydrogens is 264 g/mol. The van der Waals surface area contributed by atoms with E-state index in [4.69, 9.17) is 4.74 Å². The second-order valence-corrected chi connectivity index (χ2v) is 6.18. The molecule has 0 unspecified atom stereocenters. The Morgan fingerprint density at radius 3 is 2.86 bits per heavy atom. The van der Waals surface area contributed by atoms with Gasteiger partial charge in [0.05, 0.1) is 11.7 Å². The third kappa shape index (κ3) is 3.52. The second kappa shape index (κ2) is 6.71. The van der Waals surface area contributed by atoms with Gasteiger partial charge in [-0.25, -0.2) is 9.97 Å². The Kier molecular flexibility index (Phi) is 4.70. The van der Waals surface area contributed by atoms with Gasteiger partial charge in [-0.3, -0.25) is 4.90 Å². The Morgan fingerprint density at radius 1 is 1.29 bits per heavy atom. The number of rotatable bonds is 4. The zero-order valence-corrected chi connectivity index (χ0v) is 13.1. The smallest absolute Gasteiger partial charge is 0.129 e. The fourth-order valence-electron chi connectivity index (χ4n) is 3.53. The topological polar surface area (TPSA) is 50.3 Å². The van der Waals surface area contributed by atoms with Gasteiger partial charge in [0.25, 0.3) is 0 Å². The molecule has 1 N–H and O–H groups in total. The molecule has 0 spiro atoms. The molecule has 3 rings (SSSR count). The van der Waals surface area contributed by atoms with Gasteiger partial charge >= 0.3 is 0 Å². The van der Waals surface area contributed by atoms with Crippen LogP contribution in [0.4, 0.5) is 5.82 Å². The van der Waals surface area contributed by atoms with Crippen LogP contribution in [0.3, 0.4) is 0 Å². The highest BCUT2D eigenvalue weighted by atomic mass is 16.5. The SMILES string of the molecule is CNc1cc([C@@H]2CCCN2CC2CCOCC2)nc(C)n1. The van der Waals surface area contributed by atoms with Crippen molar-refractivity contribution < 1.29 is 4.74 Å². The van der Waals surface area contributed by atoms with Crippen molar-refractivity contribution in [3.8, 4) is 0 Å². The summed E-state index contributed by atoms with van der Waals surface area (Å²) in [5.41, 5.74) is 1.18. The Balaban J connectivity index is 1.72. The van der Waals surface area contributed by atoms with Crippen molar-refractivity contribution in [1.82, 2.24) is 14.9 Å². The summed E-state index contributed by atoms with van der Waals surface area (Å²) < 4.78 is 5.47. The molecule has 1 atom stereocenters. The van der Waals surface area contributed by atoms with Gasteiger partial charge in [0.1, 0.15) is 11.6 Å². The number of nitrogens with zero attached hydrogens (tertiary/aromatic N) is 3. The Morgan fingerprint density at radius 2 is 2.10 bits per heavy atom. The Bertz CT molecular complexity index is 473. The van der Waals surface area contributed by atoms with Gasteiger partial charge in [-0.1, -0.05) is 0 Å². The average molecular weight is 290 g/mol. The first-order valence-corrected chi connectivity index (χ1v) is 8.11. The summed E-state index contributed by atoms with van der Waals surface area (Å²) in [4.78, 5) is 11.7. The highest BCUT2D eigenvalue weighted by Crippen LogP contribution is 2.33. The maximum absolute atomic E-state index is 5.47. The molecule has 1 aromatic heterocycles. The first-order chi connectivity index (χ1) is 10.3. The van der Waals surface area contributed by atoms with Gasteiger partial charge in [-0.15, -0.1) is 0 Å². The molecular formula is C16H26N4O. The van der Waals surface area contributed by atoms with Gasteiger partial charge < -0.3 is 10.1 Å². The summed E-state index contributed by atoms with van der Waals surface area (Å²) in [5.74, 6) is 2.57. The van der Waals surface area contributed by atoms with Crippen LogP contribution in [0.2, 0.25) is 0 Å². The molecule has 5 nitrogen and oxygen atoms in total. The van der Waals surface area contributed by atoms with E-state index in [9.17, 15) is 0 Å². The number of likely N-dealkylation sites (tertiary alicyclic amines) is 1. The minimum atomic E-state index is 0.460. The quantitative estimate of drug-likeness (QED) is 0.922. The number of hydrogen-bond donors (Lipinski definition) is 1. The molecule has 0 aliphatic carbocycles. The van der Waals surface area contributed by atoms with E-state index in [1.54, 1.807) is 0 Å². The summed E-state index contributed by atoms with van der Waals surface area (Å²) in [6.45, 7) is 6.22. The van der Waals surface area contributed by atoms with E-state index in [1.807, 2.05) is 14.0 Å². The molecule has 0 radical (unpaired) electrons. The van der Waals surface area contributed by atoms with Crippen LogP contribution in [0, 0.1) is 12.8 Å². The number of nitrogens with one attached hydrogen (secondary N) is 1. The highest BCUT2D eigenvalue weighted by molar-refractivity contribution is 5.36. The number of anilines is 1. The van der Waals surface area contributed by atoms with Gasteiger partial charge in [0.2, 0.25) is 0 Å². The van der Waals surface area contributed by atoms with E-state index in [1.165, 1.54) is 44.5 Å². The average Bonchev–Trinajstić information content (AvgIpc) is 2.96. The number of aryl methyl sites for hydroxylation is 1. The lowest BCUT2D eigenvalue weighted by Gasteiger charge is -2.30. The largest absolute Gasteiger partial charge is 0.381 e. The molecule has 2 fully saturated rings. The second-order valence-electron chi connectivity index (χ2n) is 6.18. The molecule has 2 aliphatic rings. The maximum Gasteiger partial charge on any atom is 0.129 e. The van der Waals surface area contributed by atoms with E-state index in [2.05, 4.69) is 26.3 Å². The van der Waals surface area contributed by atoms with Crippen molar-refractivity contribution in [2.75, 3.05) is 38.7 Å². The summed E-state index contributed by atoms with van der Waals surface area (Å²) in [5, 5.41) is 3.14. The van der Waals surface area contributed by atoms with Crippen molar-refractivity contribution in [2.24, 2.45) is 5.92 Å². The molecule has 2 aliphatic heterocycles. The highest BCUT2D eigenvalue weighted by Gasteiger charge is 2.30. The number of hydrogen-bond acceptors (Lipinski definition) is 5. The van der Waals surface area contributed by atoms with Crippen molar-refractivity contribution in [1.29, 1.82) is 0 Å². The van der Waals surface area contributed by atoms with Crippen LogP contribution < -0.4 is 5.32 Å². The van der Waals surface area contributed by atoms with Crippen LogP contribution in [0.1, 0.15) is 43.2 Å². The van der Waals surface area contributed by atoms with Gasteiger partial charge in [-0.2, -0.15) is 0 Å². The summed E-state index contributed by atoms with van der Waals surface area (Å²) in [6, 6.07) is 2.57. The summed E-state index contributed by atoms with van der Waals surface area (Å²) in [6.07, 6.45) is 4.89. The standard InChI is InChI=1S/C16H26N4O/c1-12-18-14(10-16(17-2)19-12)15-4-3-7-20(15)11-13-5-8-21-9-6-13/h10,13,15H,3-9,11H2,1-2H3,(H,17,18,19)/t15-/m0/s1. The van der Waals surface area contributed by atoms with Gasteiger partial charge in [0.15, 0.2) is 0 Å². The minimum Gasteiger partial charge on any atom is -0.381 e.